The van der Waals surface area contributed by atoms with Crippen LogP contribution in [0.3, 0.4) is 0 Å². The summed E-state index contributed by atoms with van der Waals surface area (Å²) in [6, 6.07) is 7.07. The number of nitrogens with two attached hydrogens (primary N) is 1. The Bertz CT molecular complexity index is 804. The molecule has 2 aromatic rings. The van der Waals surface area contributed by atoms with Crippen LogP contribution in [0.1, 0.15) is 12.5 Å². The summed E-state index contributed by atoms with van der Waals surface area (Å²) in [5, 5.41) is 5.04. The summed E-state index contributed by atoms with van der Waals surface area (Å²) in [5.74, 6) is 0.752. The molecular weight excluding hydrogens is 378 g/mol. The molecule has 1 saturated heterocycles. The van der Waals surface area contributed by atoms with Gasteiger partial charge in [0.15, 0.2) is 9.84 Å². The molecule has 1 aliphatic heterocycles. The van der Waals surface area contributed by atoms with E-state index in [0.717, 1.165) is 10.0 Å². The number of rotatable bonds is 2. The fourth-order valence-corrected chi connectivity index (χ4v) is 4.59. The van der Waals surface area contributed by atoms with Crippen LogP contribution in [0.5, 0.6) is 0 Å². The largest absolute Gasteiger partial charge is 0.384 e. The average molecular weight is 391 g/mol. The van der Waals surface area contributed by atoms with E-state index in [-0.39, 0.29) is 17.5 Å². The van der Waals surface area contributed by atoms with Crippen LogP contribution in [0, 0.1) is 0 Å². The molecule has 1 aromatic carbocycles. The van der Waals surface area contributed by atoms with Gasteiger partial charge in [-0.05, 0) is 34.5 Å². The summed E-state index contributed by atoms with van der Waals surface area (Å²) < 4.78 is 25.6. The summed E-state index contributed by atoms with van der Waals surface area (Å²) in [5.41, 5.74) is 7.51. The highest BCUT2D eigenvalue weighted by Gasteiger charge is 2.31. The standard InChI is InChI=1S/C13H13BrClN3O2S/c14-10-2-1-8(5-11(10)15)12-6-13(16)18(17-12)9-3-4-21(19,20)7-9/h1-2,5-6,9H,3-4,7,16H2. The Kier molecular flexibility index (Phi) is 3.75. The fourth-order valence-electron chi connectivity index (χ4n) is 2.47. The molecule has 0 bridgehead atoms. The zero-order valence-electron chi connectivity index (χ0n) is 11.0. The Morgan fingerprint density at radius 3 is 2.76 bits per heavy atom. The van der Waals surface area contributed by atoms with Crippen LogP contribution in [0.15, 0.2) is 28.7 Å². The van der Waals surface area contributed by atoms with Gasteiger partial charge in [0.25, 0.3) is 0 Å². The van der Waals surface area contributed by atoms with E-state index in [1.165, 1.54) is 0 Å². The minimum absolute atomic E-state index is 0.0966. The van der Waals surface area contributed by atoms with E-state index in [1.54, 1.807) is 16.8 Å². The van der Waals surface area contributed by atoms with Crippen molar-refractivity contribution in [2.75, 3.05) is 17.2 Å². The fraction of sp³-hybridized carbons (Fsp3) is 0.308. The number of hydrogen-bond acceptors (Lipinski definition) is 4. The van der Waals surface area contributed by atoms with Gasteiger partial charge in [-0.3, -0.25) is 0 Å². The second-order valence-electron chi connectivity index (χ2n) is 5.08. The van der Waals surface area contributed by atoms with Crippen molar-refractivity contribution in [1.82, 2.24) is 9.78 Å². The van der Waals surface area contributed by atoms with Gasteiger partial charge in [0.2, 0.25) is 0 Å². The van der Waals surface area contributed by atoms with Crippen molar-refractivity contribution in [3.63, 3.8) is 0 Å². The van der Waals surface area contributed by atoms with Crippen LogP contribution in [-0.4, -0.2) is 29.7 Å². The van der Waals surface area contributed by atoms with E-state index in [4.69, 9.17) is 17.3 Å². The topological polar surface area (TPSA) is 78.0 Å². The van der Waals surface area contributed by atoms with Crippen LogP contribution in [0.4, 0.5) is 5.82 Å². The van der Waals surface area contributed by atoms with Gasteiger partial charge in [0.1, 0.15) is 5.82 Å². The van der Waals surface area contributed by atoms with E-state index in [0.29, 0.717) is 23.0 Å². The normalized spacial score (nSPS) is 20.8. The minimum atomic E-state index is -2.97. The summed E-state index contributed by atoms with van der Waals surface area (Å²) in [6.45, 7) is 0. The smallest absolute Gasteiger partial charge is 0.152 e. The van der Waals surface area contributed by atoms with Crippen LogP contribution in [-0.2, 0) is 9.84 Å². The van der Waals surface area contributed by atoms with E-state index in [1.807, 2.05) is 12.1 Å². The average Bonchev–Trinajstić information content (AvgIpc) is 2.95. The molecule has 2 N–H and O–H groups in total. The van der Waals surface area contributed by atoms with E-state index < -0.39 is 9.84 Å². The number of aromatic nitrogens is 2. The minimum Gasteiger partial charge on any atom is -0.384 e. The van der Waals surface area contributed by atoms with Crippen LogP contribution >= 0.6 is 27.5 Å². The highest BCUT2D eigenvalue weighted by Crippen LogP contribution is 2.31. The molecule has 1 atom stereocenters. The lowest BCUT2D eigenvalue weighted by Crippen LogP contribution is -2.14. The predicted molar refractivity (Wildman–Crippen MR) is 87.1 cm³/mol. The highest BCUT2D eigenvalue weighted by molar-refractivity contribution is 9.10. The number of halogens is 2. The summed E-state index contributed by atoms with van der Waals surface area (Å²) >= 11 is 9.42. The van der Waals surface area contributed by atoms with Gasteiger partial charge < -0.3 is 5.73 Å². The van der Waals surface area contributed by atoms with Crippen molar-refractivity contribution in [2.24, 2.45) is 0 Å². The molecular formula is C13H13BrClN3O2S. The van der Waals surface area contributed by atoms with Gasteiger partial charge >= 0.3 is 0 Å². The van der Waals surface area contributed by atoms with Crippen molar-refractivity contribution in [1.29, 1.82) is 0 Å². The molecule has 0 spiro atoms. The predicted octanol–water partition coefficient (Wildman–Crippen LogP) is 2.91. The Morgan fingerprint density at radius 1 is 1.38 bits per heavy atom. The molecule has 1 fully saturated rings. The van der Waals surface area contributed by atoms with Crippen LogP contribution < -0.4 is 5.73 Å². The molecule has 112 valence electrons. The zero-order chi connectivity index (χ0) is 15.2. The molecule has 8 heteroatoms. The lowest BCUT2D eigenvalue weighted by molar-refractivity contribution is 0.508. The zero-order valence-corrected chi connectivity index (χ0v) is 14.1. The Labute approximate surface area is 136 Å². The first-order chi connectivity index (χ1) is 9.85. The van der Waals surface area contributed by atoms with E-state index >= 15 is 0 Å². The van der Waals surface area contributed by atoms with Crippen molar-refractivity contribution in [3.05, 3.63) is 33.8 Å². The molecule has 1 aliphatic rings. The molecule has 0 radical (unpaired) electrons. The third kappa shape index (κ3) is 2.95. The third-order valence-electron chi connectivity index (χ3n) is 3.53. The highest BCUT2D eigenvalue weighted by atomic mass is 79.9. The van der Waals surface area contributed by atoms with Gasteiger partial charge in [-0.2, -0.15) is 5.10 Å². The number of anilines is 1. The summed E-state index contributed by atoms with van der Waals surface area (Å²) in [4.78, 5) is 0. The molecule has 21 heavy (non-hydrogen) atoms. The molecule has 3 rings (SSSR count). The first-order valence-electron chi connectivity index (χ1n) is 6.36. The Balaban J connectivity index is 1.96. The summed E-state index contributed by atoms with van der Waals surface area (Å²) in [7, 11) is -2.97. The molecule has 2 heterocycles. The molecule has 0 aliphatic carbocycles. The number of benzene rings is 1. The first kappa shape index (κ1) is 14.9. The molecule has 5 nitrogen and oxygen atoms in total. The summed E-state index contributed by atoms with van der Waals surface area (Å²) in [6.07, 6.45) is 0.550. The second kappa shape index (κ2) is 5.30. The molecule has 0 saturated carbocycles. The number of hydrogen-bond donors (Lipinski definition) is 1. The maximum absolute atomic E-state index is 11.6. The Hall–Kier alpha value is -1.05. The number of nitrogens with zero attached hydrogens (tertiary/aromatic N) is 2. The van der Waals surface area contributed by atoms with Gasteiger partial charge in [0, 0.05) is 16.1 Å². The third-order valence-corrected chi connectivity index (χ3v) is 6.52. The van der Waals surface area contributed by atoms with Crippen LogP contribution in [0.2, 0.25) is 5.02 Å². The second-order valence-corrected chi connectivity index (χ2v) is 8.58. The maximum atomic E-state index is 11.6. The van der Waals surface area contributed by atoms with Crippen molar-refractivity contribution in [2.45, 2.75) is 12.5 Å². The van der Waals surface area contributed by atoms with Crippen molar-refractivity contribution < 1.29 is 8.42 Å². The maximum Gasteiger partial charge on any atom is 0.152 e. The molecule has 1 unspecified atom stereocenters. The van der Waals surface area contributed by atoms with Crippen molar-refractivity contribution >= 4 is 43.2 Å². The van der Waals surface area contributed by atoms with Crippen LogP contribution in [0.25, 0.3) is 11.3 Å². The van der Waals surface area contributed by atoms with E-state index in [2.05, 4.69) is 21.0 Å². The van der Waals surface area contributed by atoms with Gasteiger partial charge in [0.05, 0.1) is 28.3 Å². The quantitative estimate of drug-likeness (QED) is 0.855. The van der Waals surface area contributed by atoms with Gasteiger partial charge in [-0.1, -0.05) is 17.7 Å². The van der Waals surface area contributed by atoms with Gasteiger partial charge in [-0.25, -0.2) is 13.1 Å². The SMILES string of the molecule is Nc1cc(-c2ccc(Br)c(Cl)c2)nn1C1CCS(=O)(=O)C1. The first-order valence-corrected chi connectivity index (χ1v) is 9.36. The lowest BCUT2D eigenvalue weighted by Gasteiger charge is -2.10. The number of nitrogen functional groups attached to an aromatic ring is 1. The van der Waals surface area contributed by atoms with Crippen molar-refractivity contribution in [3.8, 4) is 11.3 Å². The monoisotopic (exact) mass is 389 g/mol. The number of sulfone groups is 1. The Morgan fingerprint density at radius 2 is 2.14 bits per heavy atom. The van der Waals surface area contributed by atoms with E-state index in [9.17, 15) is 8.42 Å². The van der Waals surface area contributed by atoms with Gasteiger partial charge in [-0.15, -0.1) is 0 Å². The lowest BCUT2D eigenvalue weighted by atomic mass is 10.1. The molecule has 1 aromatic heterocycles. The molecule has 0 amide bonds.